The number of nitrogens with zero attached hydrogens (tertiary/aromatic N) is 1. The van der Waals surface area contributed by atoms with Crippen LogP contribution in [0.2, 0.25) is 0 Å². The first-order valence-electron chi connectivity index (χ1n) is 8.53. The highest BCUT2D eigenvalue weighted by Crippen LogP contribution is 2.32. The molecule has 2 N–H and O–H groups in total. The normalized spacial score (nSPS) is 16.4. The number of imidazole rings is 1. The zero-order valence-corrected chi connectivity index (χ0v) is 14.6. The Morgan fingerprint density at radius 1 is 1.15 bits per heavy atom. The molecule has 2 heterocycles. The number of rotatable bonds is 3. The van der Waals surface area contributed by atoms with E-state index in [0.717, 1.165) is 17.4 Å². The van der Waals surface area contributed by atoms with E-state index in [-0.39, 0.29) is 28.9 Å². The van der Waals surface area contributed by atoms with Gasteiger partial charge in [-0.2, -0.15) is 0 Å². The Labute approximate surface area is 154 Å². The van der Waals surface area contributed by atoms with Crippen molar-refractivity contribution in [1.82, 2.24) is 15.3 Å². The van der Waals surface area contributed by atoms with Crippen LogP contribution in [-0.4, -0.2) is 29.5 Å². The summed E-state index contributed by atoms with van der Waals surface area (Å²) in [7, 11) is 1.60. The molecule has 3 aromatic rings. The molecule has 0 fully saturated rings. The summed E-state index contributed by atoms with van der Waals surface area (Å²) in [6.07, 6.45) is 0.485. The average molecular weight is 369 g/mol. The van der Waals surface area contributed by atoms with Crippen LogP contribution in [-0.2, 0) is 6.42 Å². The molecule has 5 nitrogen and oxygen atoms in total. The molecule has 1 aromatic heterocycles. The van der Waals surface area contributed by atoms with E-state index in [4.69, 9.17) is 4.74 Å². The lowest BCUT2D eigenvalue weighted by molar-refractivity contribution is 0.0950. The molecular formula is C20H17F2N3O2. The van der Waals surface area contributed by atoms with E-state index in [1.165, 1.54) is 12.1 Å². The maximum absolute atomic E-state index is 14.1. The maximum Gasteiger partial charge on any atom is 0.271 e. The maximum atomic E-state index is 14.1. The Balaban J connectivity index is 1.75. The summed E-state index contributed by atoms with van der Waals surface area (Å²) in [6.45, 7) is 0.424. The highest BCUT2D eigenvalue weighted by Gasteiger charge is 2.28. The van der Waals surface area contributed by atoms with Gasteiger partial charge >= 0.3 is 0 Å². The largest absolute Gasteiger partial charge is 0.496 e. The molecule has 0 saturated heterocycles. The van der Waals surface area contributed by atoms with Crippen LogP contribution in [0.5, 0.6) is 5.75 Å². The molecule has 0 aliphatic carbocycles. The Morgan fingerprint density at radius 2 is 1.96 bits per heavy atom. The molecule has 1 amide bonds. The fourth-order valence-electron chi connectivity index (χ4n) is 3.40. The third-order valence-corrected chi connectivity index (χ3v) is 4.74. The van der Waals surface area contributed by atoms with E-state index in [1.54, 1.807) is 7.11 Å². The van der Waals surface area contributed by atoms with Gasteiger partial charge in [-0.15, -0.1) is 0 Å². The molecule has 1 atom stereocenters. The van der Waals surface area contributed by atoms with Gasteiger partial charge in [0, 0.05) is 18.2 Å². The number of amides is 1. The number of ether oxygens (including phenoxy) is 1. The van der Waals surface area contributed by atoms with Crippen LogP contribution >= 0.6 is 0 Å². The Kier molecular flexibility index (Phi) is 4.35. The van der Waals surface area contributed by atoms with Crippen molar-refractivity contribution >= 4 is 5.91 Å². The minimum Gasteiger partial charge on any atom is -0.496 e. The van der Waals surface area contributed by atoms with Crippen molar-refractivity contribution in [3.05, 3.63) is 71.1 Å². The number of H-pyrrole nitrogens is 1. The van der Waals surface area contributed by atoms with Gasteiger partial charge in [0.05, 0.1) is 12.7 Å². The standard InChI is InChI=1S/C20H17F2N3O2/c1-27-16-8-3-2-5-12(16)11-9-15-18(20(26)23-10-11)25-19(24-15)13-6-4-7-14(21)17(13)22/h2-8,11H,9-10H2,1H3,(H,23,26)(H,24,25)/t11-/m0/s1. The monoisotopic (exact) mass is 369 g/mol. The fourth-order valence-corrected chi connectivity index (χ4v) is 3.40. The lowest BCUT2D eigenvalue weighted by Gasteiger charge is -2.17. The Bertz CT molecular complexity index is 1020. The molecule has 2 aromatic carbocycles. The quantitative estimate of drug-likeness (QED) is 0.743. The zero-order valence-electron chi connectivity index (χ0n) is 14.6. The van der Waals surface area contributed by atoms with Crippen molar-refractivity contribution < 1.29 is 18.3 Å². The Hall–Kier alpha value is -3.22. The predicted molar refractivity (Wildman–Crippen MR) is 95.7 cm³/mol. The number of hydrogen-bond donors (Lipinski definition) is 2. The van der Waals surface area contributed by atoms with Gasteiger partial charge in [0.1, 0.15) is 17.3 Å². The summed E-state index contributed by atoms with van der Waals surface area (Å²) in [5.74, 6) is -1.49. The molecule has 0 saturated carbocycles. The minimum absolute atomic E-state index is 0.00952. The summed E-state index contributed by atoms with van der Waals surface area (Å²) in [6, 6.07) is 11.5. The van der Waals surface area contributed by atoms with E-state index in [1.807, 2.05) is 24.3 Å². The summed E-state index contributed by atoms with van der Waals surface area (Å²) >= 11 is 0. The second kappa shape index (κ2) is 6.83. The molecule has 0 radical (unpaired) electrons. The third kappa shape index (κ3) is 3.05. The van der Waals surface area contributed by atoms with Crippen molar-refractivity contribution in [2.45, 2.75) is 12.3 Å². The molecule has 138 valence electrons. The second-order valence-electron chi connectivity index (χ2n) is 6.37. The molecule has 0 bridgehead atoms. The molecule has 27 heavy (non-hydrogen) atoms. The second-order valence-corrected chi connectivity index (χ2v) is 6.37. The van der Waals surface area contributed by atoms with Crippen molar-refractivity contribution in [1.29, 1.82) is 0 Å². The smallest absolute Gasteiger partial charge is 0.271 e. The van der Waals surface area contributed by atoms with Crippen LogP contribution in [0.25, 0.3) is 11.4 Å². The molecule has 7 heteroatoms. The highest BCUT2D eigenvalue weighted by molar-refractivity contribution is 5.94. The van der Waals surface area contributed by atoms with Crippen LogP contribution in [0.1, 0.15) is 27.7 Å². The van der Waals surface area contributed by atoms with Crippen LogP contribution < -0.4 is 10.1 Å². The van der Waals surface area contributed by atoms with Gasteiger partial charge in [0.15, 0.2) is 11.6 Å². The summed E-state index contributed by atoms with van der Waals surface area (Å²) in [5, 5.41) is 2.85. The van der Waals surface area contributed by atoms with Crippen LogP contribution in [0.15, 0.2) is 42.5 Å². The van der Waals surface area contributed by atoms with Crippen molar-refractivity contribution in [2.75, 3.05) is 13.7 Å². The SMILES string of the molecule is COc1ccccc1[C@@H]1CNC(=O)c2nc(-c3cccc(F)c3F)[nH]c2C1. The van der Waals surface area contributed by atoms with Gasteiger partial charge in [-0.3, -0.25) is 4.79 Å². The van der Waals surface area contributed by atoms with Gasteiger partial charge in [-0.25, -0.2) is 13.8 Å². The van der Waals surface area contributed by atoms with E-state index in [0.29, 0.717) is 18.7 Å². The van der Waals surface area contributed by atoms with Gasteiger partial charge in [-0.05, 0) is 30.2 Å². The van der Waals surface area contributed by atoms with E-state index >= 15 is 0 Å². The number of methoxy groups -OCH3 is 1. The number of para-hydroxylation sites is 1. The molecule has 1 aliphatic rings. The number of aromatic amines is 1. The summed E-state index contributed by atoms with van der Waals surface area (Å²) in [4.78, 5) is 19.7. The lowest BCUT2D eigenvalue weighted by Crippen LogP contribution is -2.26. The first-order valence-corrected chi connectivity index (χ1v) is 8.53. The van der Waals surface area contributed by atoms with Crippen LogP contribution in [0, 0.1) is 11.6 Å². The summed E-state index contributed by atoms with van der Waals surface area (Å²) in [5.41, 5.74) is 1.73. The number of fused-ring (bicyclic) bond motifs is 1. The van der Waals surface area contributed by atoms with E-state index in [2.05, 4.69) is 15.3 Å². The average Bonchev–Trinajstić information content (AvgIpc) is 3.04. The van der Waals surface area contributed by atoms with Crippen molar-refractivity contribution in [2.24, 2.45) is 0 Å². The van der Waals surface area contributed by atoms with Crippen molar-refractivity contribution in [3.8, 4) is 17.1 Å². The number of halogens is 2. The third-order valence-electron chi connectivity index (χ3n) is 4.74. The highest BCUT2D eigenvalue weighted by atomic mass is 19.2. The van der Waals surface area contributed by atoms with Gasteiger partial charge < -0.3 is 15.0 Å². The summed E-state index contributed by atoms with van der Waals surface area (Å²) < 4.78 is 33.1. The number of benzene rings is 2. The number of carbonyl (C=O) groups excluding carboxylic acids is 1. The van der Waals surface area contributed by atoms with Gasteiger partial charge in [0.2, 0.25) is 0 Å². The molecule has 1 aliphatic heterocycles. The molecule has 4 rings (SSSR count). The van der Waals surface area contributed by atoms with E-state index < -0.39 is 11.6 Å². The number of hydrogen-bond acceptors (Lipinski definition) is 3. The number of carbonyl (C=O) groups is 1. The first-order chi connectivity index (χ1) is 13.1. The Morgan fingerprint density at radius 3 is 2.78 bits per heavy atom. The number of nitrogens with one attached hydrogen (secondary N) is 2. The van der Waals surface area contributed by atoms with Crippen LogP contribution in [0.3, 0.4) is 0 Å². The minimum atomic E-state index is -0.997. The molecule has 0 unspecified atom stereocenters. The predicted octanol–water partition coefficient (Wildman–Crippen LogP) is 3.43. The molecule has 0 spiro atoms. The van der Waals surface area contributed by atoms with Gasteiger partial charge in [0.25, 0.3) is 5.91 Å². The topological polar surface area (TPSA) is 67.0 Å². The van der Waals surface area contributed by atoms with Crippen LogP contribution in [0.4, 0.5) is 8.78 Å². The fraction of sp³-hybridized carbons (Fsp3) is 0.200. The zero-order chi connectivity index (χ0) is 19.0. The first kappa shape index (κ1) is 17.2. The number of aromatic nitrogens is 2. The molecular weight excluding hydrogens is 352 g/mol. The van der Waals surface area contributed by atoms with Gasteiger partial charge in [-0.1, -0.05) is 24.3 Å². The van der Waals surface area contributed by atoms with E-state index in [9.17, 15) is 13.6 Å². The lowest BCUT2D eigenvalue weighted by atomic mass is 9.93. The van der Waals surface area contributed by atoms with Crippen molar-refractivity contribution in [3.63, 3.8) is 0 Å².